The second kappa shape index (κ2) is 6.53. The molecular weight excluding hydrogens is 342 g/mol. The van der Waals surface area contributed by atoms with Crippen LogP contribution < -0.4 is 0 Å². The second-order valence-electron chi connectivity index (χ2n) is 7.66. The molecule has 27 heavy (non-hydrogen) atoms. The normalized spacial score (nSPS) is 19.4. The largest absolute Gasteiger partial charge is 0.451 e. The van der Waals surface area contributed by atoms with Crippen LogP contribution in [0.2, 0.25) is 0 Å². The number of nitrogens with zero attached hydrogens (tertiary/aromatic N) is 3. The standard InChI is InChI=1S/C21H23N3O3/c1-14-18-4-2-3-5-19(18)27-20(14)21(25)23-9-16-8-22-13-24(16)17(10-23)12-26-11-15-6-7-15/h2-5,8,13,15,17H,6-7,9-12H2,1H3. The highest BCUT2D eigenvalue weighted by Crippen LogP contribution is 2.31. The summed E-state index contributed by atoms with van der Waals surface area (Å²) >= 11 is 0. The lowest BCUT2D eigenvalue weighted by atomic mass is 10.1. The van der Waals surface area contributed by atoms with Crippen LogP contribution in [0.4, 0.5) is 0 Å². The predicted octanol–water partition coefficient (Wildman–Crippen LogP) is 3.56. The molecule has 6 nitrogen and oxygen atoms in total. The van der Waals surface area contributed by atoms with Crippen molar-refractivity contribution in [3.05, 3.63) is 53.8 Å². The Kier molecular flexibility index (Phi) is 4.01. The Morgan fingerprint density at radius 1 is 1.30 bits per heavy atom. The zero-order valence-corrected chi connectivity index (χ0v) is 15.4. The lowest BCUT2D eigenvalue weighted by molar-refractivity contribution is 0.0478. The molecule has 0 bridgehead atoms. The highest BCUT2D eigenvalue weighted by molar-refractivity contribution is 5.98. The van der Waals surface area contributed by atoms with Crippen molar-refractivity contribution in [2.75, 3.05) is 19.8 Å². The van der Waals surface area contributed by atoms with Crippen LogP contribution in [0, 0.1) is 12.8 Å². The zero-order chi connectivity index (χ0) is 18.4. The molecule has 1 aliphatic heterocycles. The predicted molar refractivity (Wildman–Crippen MR) is 100 cm³/mol. The van der Waals surface area contributed by atoms with Gasteiger partial charge >= 0.3 is 0 Å². The van der Waals surface area contributed by atoms with E-state index in [1.165, 1.54) is 12.8 Å². The minimum Gasteiger partial charge on any atom is -0.451 e. The van der Waals surface area contributed by atoms with E-state index in [9.17, 15) is 4.79 Å². The number of benzene rings is 1. The number of carbonyl (C=O) groups excluding carboxylic acids is 1. The van der Waals surface area contributed by atoms with E-state index >= 15 is 0 Å². The first kappa shape index (κ1) is 16.6. The van der Waals surface area contributed by atoms with E-state index in [1.54, 1.807) is 0 Å². The Hall–Kier alpha value is -2.60. The maximum Gasteiger partial charge on any atom is 0.290 e. The van der Waals surface area contributed by atoms with E-state index in [0.717, 1.165) is 34.8 Å². The molecule has 1 atom stereocenters. The highest BCUT2D eigenvalue weighted by Gasteiger charge is 2.32. The van der Waals surface area contributed by atoms with Gasteiger partial charge < -0.3 is 18.6 Å². The van der Waals surface area contributed by atoms with Gasteiger partial charge in [-0.05, 0) is 31.7 Å². The van der Waals surface area contributed by atoms with Crippen LogP contribution in [0.5, 0.6) is 0 Å². The first-order valence-corrected chi connectivity index (χ1v) is 9.56. The number of carbonyl (C=O) groups is 1. The molecule has 1 fully saturated rings. The van der Waals surface area contributed by atoms with Gasteiger partial charge in [-0.3, -0.25) is 4.79 Å². The van der Waals surface area contributed by atoms with Crippen LogP contribution in [-0.2, 0) is 11.3 Å². The molecule has 2 aliphatic rings. The quantitative estimate of drug-likeness (QED) is 0.694. The summed E-state index contributed by atoms with van der Waals surface area (Å²) in [4.78, 5) is 19.3. The molecule has 0 radical (unpaired) electrons. The van der Waals surface area contributed by atoms with Gasteiger partial charge in [0, 0.05) is 30.3 Å². The number of aryl methyl sites for hydroxylation is 1. The lowest BCUT2D eigenvalue weighted by Gasteiger charge is -2.34. The Morgan fingerprint density at radius 3 is 2.96 bits per heavy atom. The molecule has 2 aromatic heterocycles. The van der Waals surface area contributed by atoms with Crippen molar-refractivity contribution in [1.82, 2.24) is 14.5 Å². The zero-order valence-electron chi connectivity index (χ0n) is 15.4. The summed E-state index contributed by atoms with van der Waals surface area (Å²) in [6, 6.07) is 7.87. The molecule has 3 aromatic rings. The number of amides is 1. The van der Waals surface area contributed by atoms with E-state index in [0.29, 0.717) is 25.5 Å². The molecule has 5 rings (SSSR count). The molecule has 0 N–H and O–H groups in total. The SMILES string of the molecule is Cc1c(C(=O)N2Cc3cncn3C(COCC3CC3)C2)oc2ccccc12. The molecule has 1 unspecified atom stereocenters. The van der Waals surface area contributed by atoms with Gasteiger partial charge in [-0.25, -0.2) is 4.98 Å². The maximum atomic E-state index is 13.2. The lowest BCUT2D eigenvalue weighted by Crippen LogP contribution is -2.42. The van der Waals surface area contributed by atoms with Crippen molar-refractivity contribution in [3.63, 3.8) is 0 Å². The smallest absolute Gasteiger partial charge is 0.290 e. The summed E-state index contributed by atoms with van der Waals surface area (Å²) in [5.74, 6) is 1.09. The van der Waals surface area contributed by atoms with Gasteiger partial charge in [0.15, 0.2) is 5.76 Å². The van der Waals surface area contributed by atoms with E-state index in [4.69, 9.17) is 9.15 Å². The number of aromatic nitrogens is 2. The van der Waals surface area contributed by atoms with Crippen LogP contribution in [0.1, 0.15) is 40.7 Å². The van der Waals surface area contributed by atoms with E-state index in [2.05, 4.69) is 9.55 Å². The fourth-order valence-corrected chi connectivity index (χ4v) is 3.85. The molecule has 0 saturated heterocycles. The minimum absolute atomic E-state index is 0.0663. The van der Waals surface area contributed by atoms with Crippen LogP contribution >= 0.6 is 0 Å². The van der Waals surface area contributed by atoms with Crippen LogP contribution in [0.25, 0.3) is 11.0 Å². The van der Waals surface area contributed by atoms with Gasteiger partial charge in [-0.1, -0.05) is 18.2 Å². The van der Waals surface area contributed by atoms with Crippen molar-refractivity contribution < 1.29 is 13.9 Å². The fourth-order valence-electron chi connectivity index (χ4n) is 3.85. The minimum atomic E-state index is -0.0663. The number of para-hydroxylation sites is 1. The number of fused-ring (bicyclic) bond motifs is 2. The van der Waals surface area contributed by atoms with E-state index < -0.39 is 0 Å². The molecule has 1 amide bonds. The molecule has 1 aromatic carbocycles. The molecule has 1 aliphatic carbocycles. The molecular formula is C21H23N3O3. The Labute approximate surface area is 157 Å². The number of imidazole rings is 1. The third-order valence-corrected chi connectivity index (χ3v) is 5.61. The summed E-state index contributed by atoms with van der Waals surface area (Å²) in [5, 5.41) is 0.993. The number of ether oxygens (including phenoxy) is 1. The van der Waals surface area contributed by atoms with Crippen molar-refractivity contribution in [2.24, 2.45) is 5.92 Å². The Morgan fingerprint density at radius 2 is 2.15 bits per heavy atom. The Balaban J connectivity index is 1.38. The molecule has 1 saturated carbocycles. The van der Waals surface area contributed by atoms with Gasteiger partial charge in [0.1, 0.15) is 5.58 Å². The Bertz CT molecular complexity index is 986. The summed E-state index contributed by atoms with van der Waals surface area (Å²) < 4.78 is 14.0. The number of rotatable bonds is 5. The van der Waals surface area contributed by atoms with Gasteiger partial charge in [0.25, 0.3) is 5.91 Å². The van der Waals surface area contributed by atoms with Crippen molar-refractivity contribution in [3.8, 4) is 0 Å². The van der Waals surface area contributed by atoms with Crippen molar-refractivity contribution in [1.29, 1.82) is 0 Å². The van der Waals surface area contributed by atoms with Gasteiger partial charge in [-0.15, -0.1) is 0 Å². The summed E-state index contributed by atoms with van der Waals surface area (Å²) in [6.45, 7) is 4.50. The number of hydrogen-bond acceptors (Lipinski definition) is 4. The average molecular weight is 365 g/mol. The average Bonchev–Trinajstić information content (AvgIpc) is 3.27. The first-order chi connectivity index (χ1) is 13.2. The van der Waals surface area contributed by atoms with E-state index in [1.807, 2.05) is 48.6 Å². The first-order valence-electron chi connectivity index (χ1n) is 9.56. The highest BCUT2D eigenvalue weighted by atomic mass is 16.5. The molecule has 0 spiro atoms. The topological polar surface area (TPSA) is 60.5 Å². The van der Waals surface area contributed by atoms with E-state index in [-0.39, 0.29) is 11.9 Å². The number of hydrogen-bond donors (Lipinski definition) is 0. The van der Waals surface area contributed by atoms with Crippen molar-refractivity contribution in [2.45, 2.75) is 32.4 Å². The summed E-state index contributed by atoms with van der Waals surface area (Å²) in [7, 11) is 0. The van der Waals surface area contributed by atoms with Gasteiger partial charge in [0.05, 0.1) is 31.2 Å². The summed E-state index contributed by atoms with van der Waals surface area (Å²) in [5.41, 5.74) is 2.68. The third kappa shape index (κ3) is 3.04. The second-order valence-corrected chi connectivity index (χ2v) is 7.66. The monoisotopic (exact) mass is 365 g/mol. The van der Waals surface area contributed by atoms with Gasteiger partial charge in [-0.2, -0.15) is 0 Å². The molecule has 140 valence electrons. The van der Waals surface area contributed by atoms with Crippen LogP contribution in [-0.4, -0.2) is 40.1 Å². The number of furan rings is 1. The molecule has 3 heterocycles. The third-order valence-electron chi connectivity index (χ3n) is 5.61. The maximum absolute atomic E-state index is 13.2. The van der Waals surface area contributed by atoms with Crippen molar-refractivity contribution >= 4 is 16.9 Å². The molecule has 6 heteroatoms. The van der Waals surface area contributed by atoms with Crippen LogP contribution in [0.3, 0.4) is 0 Å². The fraction of sp³-hybridized carbons (Fsp3) is 0.429. The van der Waals surface area contributed by atoms with Crippen LogP contribution in [0.15, 0.2) is 41.2 Å². The summed E-state index contributed by atoms with van der Waals surface area (Å²) in [6.07, 6.45) is 6.22. The van der Waals surface area contributed by atoms with Gasteiger partial charge in [0.2, 0.25) is 0 Å².